The zero-order valence-corrected chi connectivity index (χ0v) is 15.3. The van der Waals surface area contributed by atoms with Crippen molar-refractivity contribution >= 4 is 30.3 Å². The molecule has 0 spiro atoms. The molecule has 2 aliphatic heterocycles. The van der Waals surface area contributed by atoms with Crippen molar-refractivity contribution in [3.63, 3.8) is 0 Å². The molecule has 0 saturated carbocycles. The van der Waals surface area contributed by atoms with Gasteiger partial charge in [-0.3, -0.25) is 0 Å². The van der Waals surface area contributed by atoms with Crippen LogP contribution in [0.3, 0.4) is 0 Å². The SMILES string of the molecule is CC1(C)COC(c2cccc3c2[Se](=O)N(C(C)(C)CO)C3=O)=N1. The molecular formula is C16H20N2O4Se. The van der Waals surface area contributed by atoms with Crippen molar-refractivity contribution in [2.75, 3.05) is 13.2 Å². The Bertz CT molecular complexity index is 740. The molecule has 7 heteroatoms. The third kappa shape index (κ3) is 2.53. The minimum absolute atomic E-state index is 0.255. The Morgan fingerprint density at radius 2 is 2.04 bits per heavy atom. The summed E-state index contributed by atoms with van der Waals surface area (Å²) in [6.45, 7) is 7.53. The number of carbonyl (C=O) groups excluding carboxylic acids is 1. The number of hydrogen-bond acceptors (Lipinski definition) is 5. The molecule has 1 atom stereocenters. The van der Waals surface area contributed by atoms with Gasteiger partial charge in [0.15, 0.2) is 0 Å². The fourth-order valence-electron chi connectivity index (χ4n) is 2.62. The number of ether oxygens (including phenoxy) is 1. The van der Waals surface area contributed by atoms with E-state index >= 15 is 0 Å². The molecule has 23 heavy (non-hydrogen) atoms. The number of rotatable bonds is 3. The summed E-state index contributed by atoms with van der Waals surface area (Å²) in [6.07, 6.45) is 0. The number of aliphatic hydroxyl groups excluding tert-OH is 1. The van der Waals surface area contributed by atoms with Gasteiger partial charge >= 0.3 is 139 Å². The Hall–Kier alpha value is -1.56. The molecule has 1 amide bonds. The van der Waals surface area contributed by atoms with Crippen molar-refractivity contribution in [2.45, 2.75) is 38.8 Å². The summed E-state index contributed by atoms with van der Waals surface area (Å²) in [5.74, 6) is 0.131. The Morgan fingerprint density at radius 3 is 2.61 bits per heavy atom. The average Bonchev–Trinajstić information content (AvgIpc) is 2.97. The molecule has 124 valence electrons. The van der Waals surface area contributed by atoms with E-state index < -0.39 is 19.6 Å². The predicted octanol–water partition coefficient (Wildman–Crippen LogP) is 0.594. The molecule has 1 aromatic rings. The second-order valence-electron chi connectivity index (χ2n) is 7.02. The third-order valence-corrected chi connectivity index (χ3v) is 7.64. The molecule has 0 radical (unpaired) electrons. The molecule has 3 rings (SSSR count). The summed E-state index contributed by atoms with van der Waals surface area (Å²) < 4.78 is 20.5. The zero-order valence-electron chi connectivity index (χ0n) is 13.6. The van der Waals surface area contributed by atoms with Gasteiger partial charge in [-0.05, 0) is 0 Å². The Morgan fingerprint density at radius 1 is 1.39 bits per heavy atom. The summed E-state index contributed by atoms with van der Waals surface area (Å²) in [7, 11) is 0. The van der Waals surface area contributed by atoms with Crippen LogP contribution in [0.4, 0.5) is 0 Å². The van der Waals surface area contributed by atoms with Crippen LogP contribution in [0.5, 0.6) is 0 Å². The van der Waals surface area contributed by atoms with Crippen LogP contribution < -0.4 is 4.46 Å². The number of amides is 1. The minimum atomic E-state index is -2.83. The van der Waals surface area contributed by atoms with E-state index in [1.54, 1.807) is 32.0 Å². The van der Waals surface area contributed by atoms with E-state index in [1.165, 1.54) is 3.92 Å². The van der Waals surface area contributed by atoms with Crippen molar-refractivity contribution < 1.29 is 18.5 Å². The van der Waals surface area contributed by atoms with Crippen LogP contribution >= 0.6 is 0 Å². The van der Waals surface area contributed by atoms with E-state index in [-0.39, 0.29) is 18.1 Å². The topological polar surface area (TPSA) is 79.2 Å². The third-order valence-electron chi connectivity index (χ3n) is 3.90. The Kier molecular flexibility index (Phi) is 3.71. The zero-order chi connectivity index (χ0) is 17.0. The van der Waals surface area contributed by atoms with Crippen LogP contribution in [-0.2, 0) is 8.57 Å². The molecule has 0 fully saturated rings. The van der Waals surface area contributed by atoms with E-state index in [2.05, 4.69) is 4.99 Å². The maximum absolute atomic E-state index is 13.0. The van der Waals surface area contributed by atoms with Gasteiger partial charge in [0.25, 0.3) is 0 Å². The number of aliphatic imine (C=N–C) groups is 1. The first-order chi connectivity index (χ1) is 10.7. The van der Waals surface area contributed by atoms with Gasteiger partial charge in [-0.2, -0.15) is 0 Å². The second-order valence-corrected chi connectivity index (χ2v) is 9.69. The fourth-order valence-corrected chi connectivity index (χ4v) is 6.03. The van der Waals surface area contributed by atoms with E-state index in [9.17, 15) is 13.7 Å². The molecule has 1 N–H and O–H groups in total. The van der Waals surface area contributed by atoms with Gasteiger partial charge in [-0.25, -0.2) is 0 Å². The monoisotopic (exact) mass is 384 g/mol. The van der Waals surface area contributed by atoms with Gasteiger partial charge in [0.1, 0.15) is 0 Å². The quantitative estimate of drug-likeness (QED) is 0.776. The van der Waals surface area contributed by atoms with Crippen LogP contribution in [0.2, 0.25) is 0 Å². The average molecular weight is 383 g/mol. The first kappa shape index (κ1) is 16.3. The van der Waals surface area contributed by atoms with Crippen molar-refractivity contribution in [1.82, 2.24) is 3.92 Å². The molecule has 0 aliphatic carbocycles. The molecule has 2 heterocycles. The fraction of sp³-hybridized carbons (Fsp3) is 0.500. The number of nitrogens with zero attached hydrogens (tertiary/aromatic N) is 2. The number of fused-ring (bicyclic) bond motifs is 1. The molecular weight excluding hydrogens is 363 g/mol. The van der Waals surface area contributed by atoms with Crippen LogP contribution in [0.25, 0.3) is 0 Å². The Balaban J connectivity index is 2.13. The number of carbonyl (C=O) groups is 1. The molecule has 0 saturated heterocycles. The molecule has 1 aromatic carbocycles. The van der Waals surface area contributed by atoms with Gasteiger partial charge in [-0.1, -0.05) is 0 Å². The number of benzene rings is 1. The van der Waals surface area contributed by atoms with Gasteiger partial charge in [0.05, 0.1) is 0 Å². The van der Waals surface area contributed by atoms with Crippen molar-refractivity contribution in [3.8, 4) is 0 Å². The molecule has 0 aromatic heterocycles. The van der Waals surface area contributed by atoms with E-state index in [0.29, 0.717) is 28.1 Å². The first-order valence-corrected chi connectivity index (χ1v) is 9.73. The van der Waals surface area contributed by atoms with Crippen molar-refractivity contribution in [3.05, 3.63) is 29.3 Å². The normalized spacial score (nSPS) is 22.8. The van der Waals surface area contributed by atoms with Crippen LogP contribution in [0.15, 0.2) is 23.2 Å². The van der Waals surface area contributed by atoms with Crippen molar-refractivity contribution in [2.24, 2.45) is 4.99 Å². The van der Waals surface area contributed by atoms with Crippen molar-refractivity contribution in [1.29, 1.82) is 0 Å². The number of aliphatic hydroxyl groups is 1. The second kappa shape index (κ2) is 5.23. The summed E-state index contributed by atoms with van der Waals surface area (Å²) in [5, 5.41) is 9.56. The van der Waals surface area contributed by atoms with Gasteiger partial charge in [0.2, 0.25) is 0 Å². The van der Waals surface area contributed by atoms with Gasteiger partial charge < -0.3 is 0 Å². The van der Waals surface area contributed by atoms with Crippen LogP contribution in [0.1, 0.15) is 43.6 Å². The Labute approximate surface area is 139 Å². The summed E-state index contributed by atoms with van der Waals surface area (Å²) in [5.41, 5.74) is -0.168. The summed E-state index contributed by atoms with van der Waals surface area (Å²) >= 11 is -2.83. The number of hydrogen-bond donors (Lipinski definition) is 1. The van der Waals surface area contributed by atoms with E-state index in [4.69, 9.17) is 4.74 Å². The molecule has 6 nitrogen and oxygen atoms in total. The van der Waals surface area contributed by atoms with Gasteiger partial charge in [-0.15, -0.1) is 0 Å². The maximum atomic E-state index is 13.0. The van der Waals surface area contributed by atoms with Crippen LogP contribution in [-0.4, -0.2) is 59.2 Å². The van der Waals surface area contributed by atoms with Gasteiger partial charge in [0, 0.05) is 0 Å². The van der Waals surface area contributed by atoms with E-state index in [0.717, 1.165) is 0 Å². The summed E-state index contributed by atoms with van der Waals surface area (Å²) in [6, 6.07) is 5.21. The first-order valence-electron chi connectivity index (χ1n) is 7.41. The van der Waals surface area contributed by atoms with E-state index in [1.807, 2.05) is 13.8 Å². The standard InChI is InChI=1S/C16H20N2O4Se/c1-15(2)9-22-13(17-15)10-6-5-7-11-12(10)23(21)18(14(11)20)16(3,4)8-19/h5-7,19H,8-9H2,1-4H3. The van der Waals surface area contributed by atoms with Crippen LogP contribution in [0, 0.1) is 0 Å². The summed E-state index contributed by atoms with van der Waals surface area (Å²) in [4.78, 5) is 17.2. The molecule has 1 unspecified atom stereocenters. The predicted molar refractivity (Wildman–Crippen MR) is 86.4 cm³/mol. The molecule has 0 bridgehead atoms. The molecule has 2 aliphatic rings.